The van der Waals surface area contributed by atoms with Gasteiger partial charge in [-0.2, -0.15) is 0 Å². The standard InChI is InChI=1S/C22H35N5O/c1-17(2)25-13-9-19(10-14-25)26-11-4-12-27(16-15-26)21-6-3-5-20(24-21)22(28)23-18-7-8-18/h3,5-6,17-19H,4,7-16H2,1-2H3,(H,23,28). The molecule has 1 aromatic rings. The normalized spacial score (nSPS) is 23.0. The first-order chi connectivity index (χ1) is 13.6. The van der Waals surface area contributed by atoms with Crippen molar-refractivity contribution in [1.82, 2.24) is 20.1 Å². The van der Waals surface area contributed by atoms with Gasteiger partial charge in [-0.25, -0.2) is 4.98 Å². The molecule has 0 spiro atoms. The molecule has 1 amide bonds. The summed E-state index contributed by atoms with van der Waals surface area (Å²) < 4.78 is 0. The van der Waals surface area contributed by atoms with Crippen LogP contribution in [0.5, 0.6) is 0 Å². The van der Waals surface area contributed by atoms with Crippen LogP contribution in [-0.4, -0.2) is 78.1 Å². The zero-order chi connectivity index (χ0) is 19.5. The molecule has 3 aliphatic rings. The molecule has 0 aromatic carbocycles. The second-order valence-electron chi connectivity index (χ2n) is 8.87. The zero-order valence-corrected chi connectivity index (χ0v) is 17.4. The summed E-state index contributed by atoms with van der Waals surface area (Å²) in [5, 5.41) is 3.04. The van der Waals surface area contributed by atoms with Crippen LogP contribution >= 0.6 is 0 Å². The number of carbonyl (C=O) groups excluding carboxylic acids is 1. The van der Waals surface area contributed by atoms with Gasteiger partial charge in [0.15, 0.2) is 0 Å². The summed E-state index contributed by atoms with van der Waals surface area (Å²) in [6.45, 7) is 11.3. The molecule has 2 saturated heterocycles. The van der Waals surface area contributed by atoms with E-state index in [1.54, 1.807) is 0 Å². The molecule has 6 heteroatoms. The molecule has 3 heterocycles. The van der Waals surface area contributed by atoms with Gasteiger partial charge in [0.25, 0.3) is 5.91 Å². The van der Waals surface area contributed by atoms with Gasteiger partial charge in [0, 0.05) is 44.3 Å². The first-order valence-corrected chi connectivity index (χ1v) is 11.1. The number of nitrogens with zero attached hydrogens (tertiary/aromatic N) is 4. The molecule has 28 heavy (non-hydrogen) atoms. The van der Waals surface area contributed by atoms with E-state index in [-0.39, 0.29) is 5.91 Å². The summed E-state index contributed by atoms with van der Waals surface area (Å²) in [6, 6.07) is 7.59. The van der Waals surface area contributed by atoms with Crippen LogP contribution in [0.4, 0.5) is 5.82 Å². The van der Waals surface area contributed by atoms with E-state index < -0.39 is 0 Å². The monoisotopic (exact) mass is 385 g/mol. The molecule has 2 aliphatic heterocycles. The first-order valence-electron chi connectivity index (χ1n) is 11.1. The van der Waals surface area contributed by atoms with Crippen LogP contribution in [0, 0.1) is 0 Å². The Morgan fingerprint density at radius 2 is 1.82 bits per heavy atom. The third-order valence-electron chi connectivity index (χ3n) is 6.48. The van der Waals surface area contributed by atoms with E-state index in [1.807, 2.05) is 18.2 Å². The van der Waals surface area contributed by atoms with Crippen LogP contribution in [0.2, 0.25) is 0 Å². The number of amides is 1. The van der Waals surface area contributed by atoms with Crippen LogP contribution in [0.3, 0.4) is 0 Å². The van der Waals surface area contributed by atoms with Crippen molar-refractivity contribution in [1.29, 1.82) is 0 Å². The molecule has 0 unspecified atom stereocenters. The second kappa shape index (κ2) is 8.78. The number of likely N-dealkylation sites (tertiary alicyclic amines) is 1. The van der Waals surface area contributed by atoms with Crippen LogP contribution in [0.15, 0.2) is 18.2 Å². The highest BCUT2D eigenvalue weighted by molar-refractivity contribution is 5.93. The van der Waals surface area contributed by atoms with Gasteiger partial charge in [-0.15, -0.1) is 0 Å². The molecular formula is C22H35N5O. The van der Waals surface area contributed by atoms with Crippen molar-refractivity contribution < 1.29 is 4.79 Å². The lowest BCUT2D eigenvalue weighted by Crippen LogP contribution is -2.47. The lowest BCUT2D eigenvalue weighted by atomic mass is 10.0. The predicted molar refractivity (Wildman–Crippen MR) is 113 cm³/mol. The van der Waals surface area contributed by atoms with Crippen molar-refractivity contribution in [2.45, 2.75) is 64.1 Å². The summed E-state index contributed by atoms with van der Waals surface area (Å²) in [4.78, 5) is 24.7. The maximum Gasteiger partial charge on any atom is 0.270 e. The van der Waals surface area contributed by atoms with Gasteiger partial charge in [-0.05, 0) is 71.2 Å². The predicted octanol–water partition coefficient (Wildman–Crippen LogP) is 2.36. The first kappa shape index (κ1) is 19.6. The fourth-order valence-corrected chi connectivity index (χ4v) is 4.51. The smallest absolute Gasteiger partial charge is 0.270 e. The highest BCUT2D eigenvalue weighted by Crippen LogP contribution is 2.22. The van der Waals surface area contributed by atoms with Crippen molar-refractivity contribution in [3.8, 4) is 0 Å². The number of piperidine rings is 1. The minimum absolute atomic E-state index is 0.0299. The maximum atomic E-state index is 12.3. The summed E-state index contributed by atoms with van der Waals surface area (Å²) in [7, 11) is 0. The van der Waals surface area contributed by atoms with Crippen LogP contribution in [-0.2, 0) is 0 Å². The number of aromatic nitrogens is 1. The highest BCUT2D eigenvalue weighted by atomic mass is 16.2. The maximum absolute atomic E-state index is 12.3. The van der Waals surface area contributed by atoms with Gasteiger partial charge in [-0.1, -0.05) is 6.07 Å². The molecule has 6 nitrogen and oxygen atoms in total. The number of carbonyl (C=O) groups is 1. The average molecular weight is 386 g/mol. The fraction of sp³-hybridized carbons (Fsp3) is 0.727. The molecule has 0 atom stereocenters. The summed E-state index contributed by atoms with van der Waals surface area (Å²) in [6.07, 6.45) is 5.93. The van der Waals surface area contributed by atoms with E-state index in [9.17, 15) is 4.79 Å². The Hall–Kier alpha value is -1.66. The largest absolute Gasteiger partial charge is 0.355 e. The Morgan fingerprint density at radius 3 is 2.54 bits per heavy atom. The van der Waals surface area contributed by atoms with Gasteiger partial charge in [0.2, 0.25) is 0 Å². The molecule has 0 bridgehead atoms. The fourth-order valence-electron chi connectivity index (χ4n) is 4.51. The number of rotatable bonds is 5. The van der Waals surface area contributed by atoms with E-state index in [1.165, 1.54) is 32.5 Å². The zero-order valence-electron chi connectivity index (χ0n) is 17.4. The third kappa shape index (κ3) is 4.84. The van der Waals surface area contributed by atoms with Crippen molar-refractivity contribution in [2.24, 2.45) is 0 Å². The number of hydrogen-bond donors (Lipinski definition) is 1. The number of hydrogen-bond acceptors (Lipinski definition) is 5. The van der Waals surface area contributed by atoms with E-state index in [0.29, 0.717) is 17.8 Å². The van der Waals surface area contributed by atoms with Crippen molar-refractivity contribution >= 4 is 11.7 Å². The quantitative estimate of drug-likeness (QED) is 0.843. The van der Waals surface area contributed by atoms with Crippen LogP contribution < -0.4 is 10.2 Å². The molecule has 4 rings (SSSR count). The SMILES string of the molecule is CC(C)N1CCC(N2CCCN(c3cccc(C(=O)NC4CC4)n3)CC2)CC1. The Morgan fingerprint density at radius 1 is 1.04 bits per heavy atom. The molecule has 1 N–H and O–H groups in total. The van der Waals surface area contributed by atoms with Crippen LogP contribution in [0.25, 0.3) is 0 Å². The molecule has 0 radical (unpaired) electrons. The van der Waals surface area contributed by atoms with E-state index in [0.717, 1.165) is 50.8 Å². The summed E-state index contributed by atoms with van der Waals surface area (Å²) >= 11 is 0. The Kier molecular flexibility index (Phi) is 6.16. The molecule has 154 valence electrons. The van der Waals surface area contributed by atoms with Gasteiger partial charge in [0.05, 0.1) is 0 Å². The average Bonchev–Trinajstić information content (AvgIpc) is 3.54. The highest BCUT2D eigenvalue weighted by Gasteiger charge is 2.28. The number of pyridine rings is 1. The van der Waals surface area contributed by atoms with Crippen molar-refractivity contribution in [3.63, 3.8) is 0 Å². The van der Waals surface area contributed by atoms with Gasteiger partial charge >= 0.3 is 0 Å². The van der Waals surface area contributed by atoms with E-state index in [4.69, 9.17) is 0 Å². The van der Waals surface area contributed by atoms with E-state index in [2.05, 4.69) is 38.8 Å². The Labute approximate surface area is 169 Å². The molecular weight excluding hydrogens is 350 g/mol. The van der Waals surface area contributed by atoms with Crippen molar-refractivity contribution in [2.75, 3.05) is 44.2 Å². The minimum atomic E-state index is -0.0299. The van der Waals surface area contributed by atoms with Crippen LogP contribution in [0.1, 0.15) is 56.4 Å². The minimum Gasteiger partial charge on any atom is -0.355 e. The molecule has 3 fully saturated rings. The third-order valence-corrected chi connectivity index (χ3v) is 6.48. The number of anilines is 1. The number of nitrogens with one attached hydrogen (secondary N) is 1. The Balaban J connectivity index is 1.33. The topological polar surface area (TPSA) is 51.7 Å². The van der Waals surface area contributed by atoms with Gasteiger partial charge in [-0.3, -0.25) is 9.69 Å². The summed E-state index contributed by atoms with van der Waals surface area (Å²) in [5.41, 5.74) is 0.548. The lowest BCUT2D eigenvalue weighted by molar-refractivity contribution is 0.0946. The van der Waals surface area contributed by atoms with Gasteiger partial charge < -0.3 is 15.1 Å². The second-order valence-corrected chi connectivity index (χ2v) is 8.87. The molecule has 1 aliphatic carbocycles. The molecule has 1 aromatic heterocycles. The van der Waals surface area contributed by atoms with Crippen molar-refractivity contribution in [3.05, 3.63) is 23.9 Å². The van der Waals surface area contributed by atoms with Gasteiger partial charge in [0.1, 0.15) is 11.5 Å². The van der Waals surface area contributed by atoms with E-state index >= 15 is 0 Å². The molecule has 1 saturated carbocycles. The Bertz CT molecular complexity index is 667. The lowest BCUT2D eigenvalue weighted by Gasteiger charge is -2.39. The summed E-state index contributed by atoms with van der Waals surface area (Å²) in [5.74, 6) is 0.914.